The van der Waals surface area contributed by atoms with Crippen molar-refractivity contribution in [2.75, 3.05) is 40.7 Å². The van der Waals surface area contributed by atoms with Crippen LogP contribution in [0, 0.1) is 0 Å². The van der Waals surface area contributed by atoms with Gasteiger partial charge in [-0.05, 0) is 90.3 Å². The quantitative estimate of drug-likeness (QED) is 0.0142. The molecule has 6 aromatic rings. The highest BCUT2D eigenvalue weighted by Gasteiger charge is 2.20. The average Bonchev–Trinajstić information content (AvgIpc) is 3.24. The largest absolute Gasteiger partial charge is 0.505 e. The minimum atomic E-state index is -4.87. The predicted octanol–water partition coefficient (Wildman–Crippen LogP) is 5.24. The summed E-state index contributed by atoms with van der Waals surface area (Å²) in [4.78, 5) is 12.2. The Morgan fingerprint density at radius 1 is 0.574 bits per heavy atom. The van der Waals surface area contributed by atoms with E-state index in [0.717, 1.165) is 24.3 Å². The topological polar surface area (TPSA) is 408 Å². The Morgan fingerprint density at radius 2 is 1.07 bits per heavy atom. The highest BCUT2D eigenvalue weighted by molar-refractivity contribution is 7.94. The molecule has 0 aliphatic heterocycles. The number of anilines is 6. The molecule has 8 N–H and O–H groups in total. The summed E-state index contributed by atoms with van der Waals surface area (Å²) in [5.41, 5.74) is 0.463. The van der Waals surface area contributed by atoms with Crippen molar-refractivity contribution in [1.29, 1.82) is 0 Å². The van der Waals surface area contributed by atoms with Crippen molar-refractivity contribution in [2.24, 2.45) is 10.2 Å². The van der Waals surface area contributed by atoms with Gasteiger partial charge in [-0.15, -0.1) is 9.45 Å². The highest BCUT2D eigenvalue weighted by atomic mass is 32.3. The predicted molar refractivity (Wildman–Crippen MR) is 238 cm³/mol. The zero-order valence-corrected chi connectivity index (χ0v) is 38.6. The SMILES string of the molecule is O=S(=O)(O)OCCS(=O)(=O)c1ccc(N=Nc2c(SOOO)cc3ccc(Nc4nc(Nc5ccc(S(=O)(=O)CCOS(=O)(=O)O)cc5)nc(Nc5cccc(S(=O)(=O)O)c5)n4)cc3c2O)cc1. The number of benzene rings is 5. The number of aromatic hydroxyl groups is 1. The van der Waals surface area contributed by atoms with E-state index in [1.165, 1.54) is 60.7 Å². The van der Waals surface area contributed by atoms with Gasteiger partial charge in [0.15, 0.2) is 25.4 Å². The summed E-state index contributed by atoms with van der Waals surface area (Å²) in [6, 6.07) is 20.9. The third kappa shape index (κ3) is 14.5. The van der Waals surface area contributed by atoms with E-state index < -0.39 is 86.0 Å². The fraction of sp³-hybridized carbons (Fsp3) is 0.114. The van der Waals surface area contributed by atoms with Gasteiger partial charge in [-0.1, -0.05) is 17.2 Å². The average molecular weight is 1060 g/mol. The molecule has 0 radical (unpaired) electrons. The number of hydrogen-bond donors (Lipinski definition) is 8. The third-order valence-electron chi connectivity index (χ3n) is 8.59. The molecule has 5 aromatic carbocycles. The fourth-order valence-electron chi connectivity index (χ4n) is 5.60. The first-order valence-electron chi connectivity index (χ1n) is 18.3. The molecule has 0 atom stereocenters. The van der Waals surface area contributed by atoms with Crippen LogP contribution in [0.1, 0.15) is 0 Å². The normalized spacial score (nSPS) is 12.6. The van der Waals surface area contributed by atoms with Crippen molar-refractivity contribution in [2.45, 2.75) is 19.6 Å². The number of hydrogen-bond acceptors (Lipinski definition) is 25. The van der Waals surface area contributed by atoms with Crippen LogP contribution in [0.4, 0.5) is 46.3 Å². The van der Waals surface area contributed by atoms with Crippen LogP contribution in [-0.2, 0) is 68.3 Å². The van der Waals surface area contributed by atoms with Gasteiger partial charge in [0.1, 0.15) is 5.69 Å². The first kappa shape index (κ1) is 51.3. The lowest BCUT2D eigenvalue weighted by atomic mass is 10.1. The summed E-state index contributed by atoms with van der Waals surface area (Å²) in [7, 11) is -22.5. The molecule has 0 unspecified atom stereocenters. The lowest BCUT2D eigenvalue weighted by Crippen LogP contribution is -2.15. The van der Waals surface area contributed by atoms with Crippen LogP contribution in [0.15, 0.2) is 127 Å². The van der Waals surface area contributed by atoms with Crippen molar-refractivity contribution >= 4 is 120 Å². The van der Waals surface area contributed by atoms with Gasteiger partial charge in [0.25, 0.3) is 10.1 Å². The van der Waals surface area contributed by atoms with E-state index in [2.05, 4.69) is 58.9 Å². The summed E-state index contributed by atoms with van der Waals surface area (Å²) in [6.07, 6.45) is 0. The molecule has 0 aliphatic rings. The van der Waals surface area contributed by atoms with E-state index in [9.17, 15) is 51.7 Å². The lowest BCUT2D eigenvalue weighted by molar-refractivity contribution is -0.432. The summed E-state index contributed by atoms with van der Waals surface area (Å²) < 4.78 is 157. The number of aromatic nitrogens is 3. The fourth-order valence-corrected chi connectivity index (χ4v) is 9.60. The van der Waals surface area contributed by atoms with Gasteiger partial charge in [0, 0.05) is 22.4 Å². The summed E-state index contributed by atoms with van der Waals surface area (Å²) in [5, 5.41) is 41.4. The lowest BCUT2D eigenvalue weighted by Gasteiger charge is -2.13. The second-order valence-corrected chi connectivity index (χ2v) is 21.8. The minimum absolute atomic E-state index is 0.0744. The van der Waals surface area contributed by atoms with Crippen molar-refractivity contribution in [1.82, 2.24) is 15.0 Å². The Labute approximate surface area is 389 Å². The molecule has 0 saturated carbocycles. The minimum Gasteiger partial charge on any atom is -0.505 e. The van der Waals surface area contributed by atoms with Crippen molar-refractivity contribution in [3.8, 4) is 5.75 Å². The maximum atomic E-state index is 12.7. The number of azo groups is 1. The number of sulfone groups is 2. The maximum absolute atomic E-state index is 12.7. The van der Waals surface area contributed by atoms with Gasteiger partial charge < -0.3 is 21.1 Å². The molecule has 0 bridgehead atoms. The van der Waals surface area contributed by atoms with Gasteiger partial charge in [-0.2, -0.15) is 45.3 Å². The van der Waals surface area contributed by atoms with E-state index >= 15 is 0 Å². The van der Waals surface area contributed by atoms with E-state index in [0.29, 0.717) is 17.4 Å². The second-order valence-electron chi connectivity index (χ2n) is 13.3. The Morgan fingerprint density at radius 3 is 1.59 bits per heavy atom. The van der Waals surface area contributed by atoms with Gasteiger partial charge in [-0.25, -0.2) is 30.5 Å². The Bertz CT molecular complexity index is 3440. The Hall–Kier alpha value is -6.05. The number of phenolic OH excluding ortho intramolecular Hbond substituents is 1. The maximum Gasteiger partial charge on any atom is 0.397 e. The zero-order valence-electron chi connectivity index (χ0n) is 33.7. The number of nitrogens with zero attached hydrogens (tertiary/aromatic N) is 5. The molecule has 362 valence electrons. The molecule has 33 heteroatoms. The molecule has 0 fully saturated rings. The van der Waals surface area contributed by atoms with Gasteiger partial charge in [-0.3, -0.25) is 13.7 Å². The van der Waals surface area contributed by atoms with Crippen LogP contribution < -0.4 is 16.0 Å². The number of rotatable bonds is 22. The van der Waals surface area contributed by atoms with Crippen molar-refractivity contribution in [3.05, 3.63) is 97.1 Å². The molecule has 1 heterocycles. The molecule has 27 nitrogen and oxygen atoms in total. The standard InChI is InChI=1S/C35H32N8O19S6/c44-32-29-20-25(5-4-21(29)18-30(63-62-61-45)31(32)43-42-23-8-12-27(13-9-23)65(48,49)17-15-60-68(56,57)58)38-35-40-33(39-34(41-35)37-24-2-1-3-28(19-24)66(50,51)52)36-22-6-10-26(11-7-22)64(46,47)16-14-59-67(53,54)55/h1-13,18-20,44-45H,14-17H2,(H,50,51,52)(H,53,54,55)(H,56,57,58)(H3,36,37,38,39,40,41). The van der Waals surface area contributed by atoms with Crippen LogP contribution in [0.5, 0.6) is 5.75 Å². The third-order valence-corrected chi connectivity index (χ3v) is 14.4. The molecule has 0 spiro atoms. The zero-order chi connectivity index (χ0) is 49.5. The second kappa shape index (κ2) is 21.1. The molecule has 0 amide bonds. The smallest absolute Gasteiger partial charge is 0.397 e. The van der Waals surface area contributed by atoms with Crippen LogP contribution in [0.25, 0.3) is 10.8 Å². The Balaban J connectivity index is 1.30. The number of phenols is 1. The number of fused-ring (bicyclic) bond motifs is 1. The summed E-state index contributed by atoms with van der Waals surface area (Å²) in [6.45, 7) is -1.69. The van der Waals surface area contributed by atoms with Gasteiger partial charge in [0.05, 0.1) is 62.0 Å². The van der Waals surface area contributed by atoms with Crippen LogP contribution in [0.3, 0.4) is 0 Å². The van der Waals surface area contributed by atoms with E-state index in [4.69, 9.17) is 14.4 Å². The molecule has 68 heavy (non-hydrogen) atoms. The van der Waals surface area contributed by atoms with E-state index in [1.54, 1.807) is 12.1 Å². The van der Waals surface area contributed by atoms with Crippen LogP contribution in [-0.4, -0.2) is 106 Å². The highest BCUT2D eigenvalue weighted by Crippen LogP contribution is 2.45. The molecular formula is C35H32N8O19S6. The summed E-state index contributed by atoms with van der Waals surface area (Å²) in [5.74, 6) is -2.55. The van der Waals surface area contributed by atoms with Gasteiger partial charge >= 0.3 is 20.8 Å². The number of nitrogens with one attached hydrogen (secondary N) is 3. The van der Waals surface area contributed by atoms with Crippen LogP contribution >= 0.6 is 12.0 Å². The summed E-state index contributed by atoms with van der Waals surface area (Å²) >= 11 is 0.441. The van der Waals surface area contributed by atoms with E-state index in [1.807, 2.05) is 0 Å². The van der Waals surface area contributed by atoms with Crippen LogP contribution in [0.2, 0.25) is 0 Å². The van der Waals surface area contributed by atoms with E-state index in [-0.39, 0.29) is 66.4 Å². The molecule has 0 saturated heterocycles. The molecule has 0 aliphatic carbocycles. The van der Waals surface area contributed by atoms with Crippen molar-refractivity contribution < 1.29 is 83.8 Å². The molecular weight excluding hydrogens is 1030 g/mol. The molecule has 1 aromatic heterocycles. The molecule has 6 rings (SSSR count). The monoisotopic (exact) mass is 1060 g/mol. The Kier molecular flexibility index (Phi) is 15.9. The van der Waals surface area contributed by atoms with Crippen molar-refractivity contribution in [3.63, 3.8) is 0 Å². The first-order valence-corrected chi connectivity index (χ1v) is 26.5. The first-order chi connectivity index (χ1) is 31.9. The van der Waals surface area contributed by atoms with Gasteiger partial charge in [0.2, 0.25) is 17.8 Å².